The maximum absolute atomic E-state index is 10.0. The van der Waals surface area contributed by atoms with Crippen LogP contribution < -0.4 is 0 Å². The highest BCUT2D eigenvalue weighted by atomic mass is 16.3. The van der Waals surface area contributed by atoms with Crippen molar-refractivity contribution in [2.75, 3.05) is 6.61 Å². The summed E-state index contributed by atoms with van der Waals surface area (Å²) in [5.74, 6) is 14.5. The third kappa shape index (κ3) is 2.86. The SMILES string of the molecule is OCC1c2cc(C#CC3CC3)ccc2-c2ccc(C#CC3CC3)cc21. The van der Waals surface area contributed by atoms with Crippen LogP contribution >= 0.6 is 0 Å². The maximum Gasteiger partial charge on any atom is 0.0540 e. The van der Waals surface area contributed by atoms with Crippen LogP contribution in [0.3, 0.4) is 0 Å². The number of aliphatic hydroxyl groups is 1. The molecule has 0 spiro atoms. The van der Waals surface area contributed by atoms with Crippen LogP contribution in [0.5, 0.6) is 0 Å². The molecule has 5 rings (SSSR count). The Morgan fingerprint density at radius 1 is 0.760 bits per heavy atom. The highest BCUT2D eigenvalue weighted by Crippen LogP contribution is 2.45. The van der Waals surface area contributed by atoms with Crippen LogP contribution in [0.15, 0.2) is 36.4 Å². The monoisotopic (exact) mass is 324 g/mol. The van der Waals surface area contributed by atoms with Crippen LogP contribution in [0, 0.1) is 35.5 Å². The molecule has 25 heavy (non-hydrogen) atoms. The number of hydrogen-bond donors (Lipinski definition) is 1. The van der Waals surface area contributed by atoms with E-state index in [1.807, 2.05) is 0 Å². The number of rotatable bonds is 1. The van der Waals surface area contributed by atoms with Gasteiger partial charge in [0.25, 0.3) is 0 Å². The Kier molecular flexibility index (Phi) is 3.44. The zero-order valence-electron chi connectivity index (χ0n) is 14.2. The molecule has 0 amide bonds. The molecule has 2 fully saturated rings. The minimum atomic E-state index is 0.0374. The van der Waals surface area contributed by atoms with E-state index in [0.29, 0.717) is 11.8 Å². The Labute approximate surface area is 149 Å². The van der Waals surface area contributed by atoms with Crippen molar-refractivity contribution in [3.63, 3.8) is 0 Å². The Hall–Kier alpha value is -2.48. The van der Waals surface area contributed by atoms with Gasteiger partial charge >= 0.3 is 0 Å². The summed E-state index contributed by atoms with van der Waals surface area (Å²) in [5.41, 5.74) is 6.98. The van der Waals surface area contributed by atoms with Crippen LogP contribution in [0.1, 0.15) is 53.9 Å². The molecular formula is C24H20O. The summed E-state index contributed by atoms with van der Waals surface area (Å²) >= 11 is 0. The van der Waals surface area contributed by atoms with Crippen LogP contribution in [-0.4, -0.2) is 11.7 Å². The number of fused-ring (bicyclic) bond motifs is 3. The van der Waals surface area contributed by atoms with Gasteiger partial charge in [0, 0.05) is 28.9 Å². The molecule has 1 N–H and O–H groups in total. The first-order chi connectivity index (χ1) is 12.3. The van der Waals surface area contributed by atoms with Crippen molar-refractivity contribution in [2.45, 2.75) is 31.6 Å². The Morgan fingerprint density at radius 2 is 1.24 bits per heavy atom. The fourth-order valence-electron chi connectivity index (χ4n) is 3.54. The van der Waals surface area contributed by atoms with Gasteiger partial charge in [-0.15, -0.1) is 0 Å². The molecule has 1 nitrogen and oxygen atoms in total. The highest BCUT2D eigenvalue weighted by Gasteiger charge is 2.28. The topological polar surface area (TPSA) is 20.2 Å². The first-order valence-corrected chi connectivity index (χ1v) is 9.24. The van der Waals surface area contributed by atoms with Gasteiger partial charge in [0.1, 0.15) is 0 Å². The van der Waals surface area contributed by atoms with Crippen LogP contribution in [-0.2, 0) is 0 Å². The van der Waals surface area contributed by atoms with Gasteiger partial charge in [0.05, 0.1) is 6.61 Å². The normalized spacial score (nSPS) is 17.8. The van der Waals surface area contributed by atoms with Crippen molar-refractivity contribution in [3.05, 3.63) is 58.7 Å². The third-order valence-electron chi connectivity index (χ3n) is 5.32. The summed E-state index contributed by atoms with van der Waals surface area (Å²) in [4.78, 5) is 0. The molecule has 0 bridgehead atoms. The third-order valence-corrected chi connectivity index (χ3v) is 5.32. The molecule has 0 saturated heterocycles. The second-order valence-electron chi connectivity index (χ2n) is 7.43. The van der Waals surface area contributed by atoms with Crippen LogP contribution in [0.4, 0.5) is 0 Å². The van der Waals surface area contributed by atoms with Crippen molar-refractivity contribution in [1.29, 1.82) is 0 Å². The van der Waals surface area contributed by atoms with Crippen molar-refractivity contribution < 1.29 is 5.11 Å². The lowest BCUT2D eigenvalue weighted by Crippen LogP contribution is -2.02. The largest absolute Gasteiger partial charge is 0.395 e. The molecule has 3 aliphatic rings. The second-order valence-corrected chi connectivity index (χ2v) is 7.43. The van der Waals surface area contributed by atoms with Gasteiger partial charge in [-0.05, 0) is 72.2 Å². The average Bonchev–Trinajstić information content (AvgIpc) is 3.55. The molecule has 2 aromatic rings. The molecule has 0 radical (unpaired) electrons. The van der Waals surface area contributed by atoms with Gasteiger partial charge in [-0.25, -0.2) is 0 Å². The van der Waals surface area contributed by atoms with E-state index in [0.717, 1.165) is 11.1 Å². The first kappa shape index (κ1) is 14.8. The fourth-order valence-corrected chi connectivity index (χ4v) is 3.54. The van der Waals surface area contributed by atoms with Gasteiger partial charge in [0.15, 0.2) is 0 Å². The van der Waals surface area contributed by atoms with E-state index in [1.165, 1.54) is 47.9 Å². The standard InChI is InChI=1S/C24H20O/c25-15-24-22-13-18(7-5-16-1-2-16)9-11-20(22)21-12-10-19(14-23(21)24)8-6-17-3-4-17/h9-14,16-17,24-25H,1-4,15H2. The zero-order valence-corrected chi connectivity index (χ0v) is 14.2. The van der Waals surface area contributed by atoms with Crippen molar-refractivity contribution in [2.24, 2.45) is 11.8 Å². The van der Waals surface area contributed by atoms with Gasteiger partial charge in [-0.1, -0.05) is 35.8 Å². The molecular weight excluding hydrogens is 304 g/mol. The van der Waals surface area contributed by atoms with E-state index in [4.69, 9.17) is 0 Å². The maximum atomic E-state index is 10.0. The molecule has 0 aromatic heterocycles. The van der Waals surface area contributed by atoms with Crippen molar-refractivity contribution in [1.82, 2.24) is 0 Å². The van der Waals surface area contributed by atoms with Gasteiger partial charge in [-0.2, -0.15) is 0 Å². The van der Waals surface area contributed by atoms with E-state index in [9.17, 15) is 5.11 Å². The average molecular weight is 324 g/mol. The highest BCUT2D eigenvalue weighted by molar-refractivity contribution is 5.80. The lowest BCUT2D eigenvalue weighted by atomic mass is 9.96. The number of hydrogen-bond acceptors (Lipinski definition) is 1. The molecule has 122 valence electrons. The molecule has 1 heteroatoms. The van der Waals surface area contributed by atoms with Crippen LogP contribution in [0.2, 0.25) is 0 Å². The smallest absolute Gasteiger partial charge is 0.0540 e. The van der Waals surface area contributed by atoms with Crippen molar-refractivity contribution >= 4 is 0 Å². The van der Waals surface area contributed by atoms with Gasteiger partial charge in [-0.3, -0.25) is 0 Å². The summed E-state index contributed by atoms with van der Waals surface area (Å²) < 4.78 is 0. The molecule has 0 unspecified atom stereocenters. The summed E-state index contributed by atoms with van der Waals surface area (Å²) in [6.45, 7) is 0.124. The Balaban J connectivity index is 1.53. The summed E-state index contributed by atoms with van der Waals surface area (Å²) in [7, 11) is 0. The fraction of sp³-hybridized carbons (Fsp3) is 0.333. The second kappa shape index (κ2) is 5.80. The molecule has 3 aliphatic carbocycles. The predicted molar refractivity (Wildman–Crippen MR) is 100 cm³/mol. The van der Waals surface area contributed by atoms with Gasteiger partial charge in [0.2, 0.25) is 0 Å². The first-order valence-electron chi connectivity index (χ1n) is 9.24. The summed E-state index contributed by atoms with van der Waals surface area (Å²) in [6.07, 6.45) is 4.97. The van der Waals surface area contributed by atoms with E-state index < -0.39 is 0 Å². The quantitative estimate of drug-likeness (QED) is 0.775. The molecule has 0 heterocycles. The molecule has 2 aromatic carbocycles. The molecule has 0 aliphatic heterocycles. The van der Waals surface area contributed by atoms with E-state index in [-0.39, 0.29) is 12.5 Å². The zero-order chi connectivity index (χ0) is 16.8. The number of benzene rings is 2. The minimum Gasteiger partial charge on any atom is -0.395 e. The Morgan fingerprint density at radius 3 is 1.64 bits per heavy atom. The van der Waals surface area contributed by atoms with E-state index in [2.05, 4.69) is 60.1 Å². The molecule has 0 atom stereocenters. The van der Waals surface area contributed by atoms with E-state index in [1.54, 1.807) is 0 Å². The minimum absolute atomic E-state index is 0.0374. The van der Waals surface area contributed by atoms with Crippen molar-refractivity contribution in [3.8, 4) is 34.8 Å². The number of aliphatic hydroxyl groups excluding tert-OH is 1. The summed E-state index contributed by atoms with van der Waals surface area (Å²) in [5, 5.41) is 10.0. The predicted octanol–water partition coefficient (Wildman–Crippen LogP) is 4.31. The Bertz CT molecular complexity index is 889. The summed E-state index contributed by atoms with van der Waals surface area (Å²) in [6, 6.07) is 12.9. The lowest BCUT2D eigenvalue weighted by molar-refractivity contribution is 0.282. The lowest BCUT2D eigenvalue weighted by Gasteiger charge is -2.10. The van der Waals surface area contributed by atoms with Gasteiger partial charge < -0.3 is 5.11 Å². The van der Waals surface area contributed by atoms with E-state index >= 15 is 0 Å². The van der Waals surface area contributed by atoms with Crippen LogP contribution in [0.25, 0.3) is 11.1 Å². The molecule has 2 saturated carbocycles.